The lowest BCUT2D eigenvalue weighted by atomic mass is 9.73. The van der Waals surface area contributed by atoms with Crippen LogP contribution < -0.4 is 5.43 Å². The van der Waals surface area contributed by atoms with Gasteiger partial charge in [0.1, 0.15) is 0 Å². The molecule has 1 saturated carbocycles. The van der Waals surface area contributed by atoms with Gasteiger partial charge in [0.15, 0.2) is 17.1 Å². The van der Waals surface area contributed by atoms with Crippen LogP contribution in [0.5, 0.6) is 17.2 Å². The van der Waals surface area contributed by atoms with Crippen LogP contribution in [0, 0.1) is 5.92 Å². The molecule has 1 aromatic rings. The van der Waals surface area contributed by atoms with Crippen LogP contribution in [-0.2, 0) is 4.79 Å². The summed E-state index contributed by atoms with van der Waals surface area (Å²) in [6.07, 6.45) is 2.79. The molecule has 4 N–H and O–H groups in total. The average Bonchev–Trinajstić information content (AvgIpc) is 2.66. The SMILES string of the molecule is O=C(O)[C@@H]1CCCC[C@@H]1c1c2ccc(=O)c(O)c-2oc2c(O)c(O)ccc12. The Morgan fingerprint density at radius 1 is 1.00 bits per heavy atom. The molecule has 3 aliphatic rings. The number of carboxylic acid groups (broad SMARTS) is 1. The summed E-state index contributed by atoms with van der Waals surface area (Å²) in [5.74, 6) is -3.58. The van der Waals surface area contributed by atoms with Crippen molar-refractivity contribution in [2.75, 3.05) is 0 Å². The standard InChI is InChI=1S/C20H18O7/c21-13-7-5-11-15(9-3-1-2-4-10(9)20(25)26)12-6-8-14(22)17(24)19(12)27-18(11)16(13)23/h5-10,21,23-24H,1-4H2,(H,25,26)/t9-,10+/m0/s1. The number of phenolic OH excluding ortho intramolecular Hbond substituents is 3. The van der Waals surface area contributed by atoms with Crippen molar-refractivity contribution >= 4 is 16.9 Å². The molecule has 1 fully saturated rings. The van der Waals surface area contributed by atoms with Crippen LogP contribution >= 0.6 is 0 Å². The third-order valence-corrected chi connectivity index (χ3v) is 5.44. The third kappa shape index (κ3) is 2.58. The number of carboxylic acids is 1. The number of aliphatic carboxylic acids is 1. The Balaban J connectivity index is 2.13. The summed E-state index contributed by atoms with van der Waals surface area (Å²) in [7, 11) is 0. The minimum atomic E-state index is -0.908. The zero-order chi connectivity index (χ0) is 19.3. The van der Waals surface area contributed by atoms with E-state index in [9.17, 15) is 30.0 Å². The molecule has 4 rings (SSSR count). The van der Waals surface area contributed by atoms with Gasteiger partial charge in [-0.25, -0.2) is 0 Å². The molecule has 2 atom stereocenters. The molecule has 0 bridgehead atoms. The Hall–Kier alpha value is -3.22. The molecule has 1 aromatic carbocycles. The number of benzene rings is 2. The fraction of sp³-hybridized carbons (Fsp3) is 0.300. The summed E-state index contributed by atoms with van der Waals surface area (Å²) in [5.41, 5.74) is 0.300. The summed E-state index contributed by atoms with van der Waals surface area (Å²) in [4.78, 5) is 23.7. The molecule has 1 heterocycles. The number of fused-ring (bicyclic) bond motifs is 2. The van der Waals surface area contributed by atoms with Gasteiger partial charge in [-0.05, 0) is 48.6 Å². The summed E-state index contributed by atoms with van der Waals surface area (Å²) in [6.45, 7) is 0. The minimum absolute atomic E-state index is 0.0897. The molecule has 7 nitrogen and oxygen atoms in total. The monoisotopic (exact) mass is 370 g/mol. The number of rotatable bonds is 2. The Bertz CT molecular complexity index is 1080. The van der Waals surface area contributed by atoms with Crippen molar-refractivity contribution < 1.29 is 29.6 Å². The first-order chi connectivity index (χ1) is 12.9. The van der Waals surface area contributed by atoms with E-state index in [4.69, 9.17) is 4.42 Å². The van der Waals surface area contributed by atoms with Gasteiger partial charge in [0, 0.05) is 10.9 Å². The van der Waals surface area contributed by atoms with E-state index in [2.05, 4.69) is 0 Å². The van der Waals surface area contributed by atoms with Gasteiger partial charge in [0.05, 0.1) is 5.92 Å². The zero-order valence-corrected chi connectivity index (χ0v) is 14.3. The highest BCUT2D eigenvalue weighted by atomic mass is 16.4. The van der Waals surface area contributed by atoms with Gasteiger partial charge in [0.2, 0.25) is 16.9 Å². The largest absolute Gasteiger partial charge is 0.504 e. The fourth-order valence-corrected chi connectivity index (χ4v) is 4.16. The molecule has 0 radical (unpaired) electrons. The van der Waals surface area contributed by atoms with E-state index in [1.165, 1.54) is 18.2 Å². The van der Waals surface area contributed by atoms with Gasteiger partial charge in [0.25, 0.3) is 0 Å². The lowest BCUT2D eigenvalue weighted by Gasteiger charge is -2.31. The maximum atomic E-state index is 11.9. The second kappa shape index (κ2) is 6.19. The fourth-order valence-electron chi connectivity index (χ4n) is 4.16. The molecule has 140 valence electrons. The van der Waals surface area contributed by atoms with Gasteiger partial charge in [-0.3, -0.25) is 9.59 Å². The van der Waals surface area contributed by atoms with Gasteiger partial charge in [-0.2, -0.15) is 0 Å². The third-order valence-electron chi connectivity index (χ3n) is 5.44. The molecule has 27 heavy (non-hydrogen) atoms. The lowest BCUT2D eigenvalue weighted by Crippen LogP contribution is -2.26. The molecule has 0 saturated heterocycles. The van der Waals surface area contributed by atoms with Gasteiger partial charge < -0.3 is 24.8 Å². The first kappa shape index (κ1) is 17.2. The van der Waals surface area contributed by atoms with Crippen molar-refractivity contribution in [3.05, 3.63) is 40.1 Å². The van der Waals surface area contributed by atoms with Gasteiger partial charge in [-0.1, -0.05) is 12.8 Å². The van der Waals surface area contributed by atoms with Crippen molar-refractivity contribution in [3.63, 3.8) is 0 Å². The average molecular weight is 370 g/mol. The van der Waals surface area contributed by atoms with Crippen LogP contribution in [0.15, 0.2) is 33.5 Å². The Kier molecular flexibility index (Phi) is 3.95. The Morgan fingerprint density at radius 2 is 1.74 bits per heavy atom. The van der Waals surface area contributed by atoms with Crippen LogP contribution in [0.25, 0.3) is 22.3 Å². The van der Waals surface area contributed by atoms with E-state index < -0.39 is 34.6 Å². The van der Waals surface area contributed by atoms with E-state index >= 15 is 0 Å². The van der Waals surface area contributed by atoms with E-state index in [0.29, 0.717) is 29.4 Å². The summed E-state index contributed by atoms with van der Waals surface area (Å²) >= 11 is 0. The molecular weight excluding hydrogens is 352 g/mol. The molecule has 0 amide bonds. The first-order valence-electron chi connectivity index (χ1n) is 8.76. The molecule has 0 unspecified atom stereocenters. The lowest BCUT2D eigenvalue weighted by molar-refractivity contribution is -0.143. The molecular formula is C20H18O7. The first-order valence-corrected chi connectivity index (χ1v) is 8.76. The van der Waals surface area contributed by atoms with Crippen LogP contribution in [0.2, 0.25) is 0 Å². The molecule has 7 heteroatoms. The molecule has 2 aliphatic carbocycles. The quantitative estimate of drug-likeness (QED) is 0.402. The van der Waals surface area contributed by atoms with E-state index in [0.717, 1.165) is 12.8 Å². The summed E-state index contributed by atoms with van der Waals surface area (Å²) in [6, 6.07) is 5.58. The van der Waals surface area contributed by atoms with E-state index in [1.54, 1.807) is 6.07 Å². The normalized spacial score (nSPS) is 20.1. The topological polar surface area (TPSA) is 128 Å². The van der Waals surface area contributed by atoms with Crippen molar-refractivity contribution in [2.45, 2.75) is 31.6 Å². The van der Waals surface area contributed by atoms with Crippen molar-refractivity contribution in [1.82, 2.24) is 0 Å². The molecule has 0 aromatic heterocycles. The van der Waals surface area contributed by atoms with Gasteiger partial charge >= 0.3 is 5.97 Å². The predicted molar refractivity (Wildman–Crippen MR) is 96.4 cm³/mol. The van der Waals surface area contributed by atoms with Crippen molar-refractivity contribution in [1.29, 1.82) is 0 Å². The maximum Gasteiger partial charge on any atom is 0.307 e. The van der Waals surface area contributed by atoms with E-state index in [-0.39, 0.29) is 17.3 Å². The number of phenols is 3. The van der Waals surface area contributed by atoms with Crippen LogP contribution in [0.3, 0.4) is 0 Å². The highest BCUT2D eigenvalue weighted by Gasteiger charge is 2.36. The molecule has 0 spiro atoms. The highest BCUT2D eigenvalue weighted by molar-refractivity contribution is 5.95. The number of hydrogen-bond acceptors (Lipinski definition) is 6. The second-order valence-corrected chi connectivity index (χ2v) is 6.95. The Labute approximate surface area is 153 Å². The van der Waals surface area contributed by atoms with Crippen LogP contribution in [-0.4, -0.2) is 26.4 Å². The van der Waals surface area contributed by atoms with Crippen molar-refractivity contribution in [2.24, 2.45) is 5.92 Å². The second-order valence-electron chi connectivity index (χ2n) is 6.95. The number of hydrogen-bond donors (Lipinski definition) is 4. The van der Waals surface area contributed by atoms with Crippen molar-refractivity contribution in [3.8, 4) is 28.6 Å². The predicted octanol–water partition coefficient (Wildman–Crippen LogP) is 3.37. The van der Waals surface area contributed by atoms with Crippen LogP contribution in [0.1, 0.15) is 37.2 Å². The highest BCUT2D eigenvalue weighted by Crippen LogP contribution is 2.49. The summed E-state index contributed by atoms with van der Waals surface area (Å²) in [5, 5.41) is 40.4. The van der Waals surface area contributed by atoms with Crippen LogP contribution in [0.4, 0.5) is 0 Å². The smallest absolute Gasteiger partial charge is 0.307 e. The maximum absolute atomic E-state index is 11.9. The summed E-state index contributed by atoms with van der Waals surface area (Å²) < 4.78 is 5.59. The number of aromatic hydroxyl groups is 3. The van der Waals surface area contributed by atoms with Gasteiger partial charge in [-0.15, -0.1) is 0 Å². The minimum Gasteiger partial charge on any atom is -0.504 e. The zero-order valence-electron chi connectivity index (χ0n) is 14.3. The Morgan fingerprint density at radius 3 is 2.48 bits per heavy atom. The number of carbonyl (C=O) groups is 1. The van der Waals surface area contributed by atoms with E-state index in [1.807, 2.05) is 0 Å². The molecule has 1 aliphatic heterocycles.